The lowest BCUT2D eigenvalue weighted by molar-refractivity contribution is -0.138. The minimum absolute atomic E-state index is 0.159. The number of esters is 1. The van der Waals surface area contributed by atoms with Gasteiger partial charge in [-0.3, -0.25) is 0 Å². The predicted molar refractivity (Wildman–Crippen MR) is 69.6 cm³/mol. The van der Waals surface area contributed by atoms with E-state index in [4.69, 9.17) is 4.74 Å². The lowest BCUT2D eigenvalue weighted by Gasteiger charge is -2.13. The van der Waals surface area contributed by atoms with E-state index in [1.165, 1.54) is 25.7 Å². The third-order valence-corrected chi connectivity index (χ3v) is 3.45. The van der Waals surface area contributed by atoms with Crippen LogP contribution in [0.4, 0.5) is 0 Å². The Morgan fingerprint density at radius 3 is 2.31 bits per heavy atom. The van der Waals surface area contributed by atoms with Crippen molar-refractivity contribution in [3.8, 4) is 0 Å². The van der Waals surface area contributed by atoms with Gasteiger partial charge >= 0.3 is 5.97 Å². The Balaban J connectivity index is 2.67. The van der Waals surface area contributed by atoms with E-state index < -0.39 is 0 Å². The highest BCUT2D eigenvalue weighted by Gasteiger charge is 2.15. The molecule has 0 saturated carbocycles. The van der Waals surface area contributed by atoms with Crippen LogP contribution in [-0.2, 0) is 9.53 Å². The Labute approximate surface area is 104 Å². The van der Waals surface area contributed by atoms with Gasteiger partial charge in [0.05, 0.1) is 6.61 Å². The van der Waals surface area contributed by atoms with Gasteiger partial charge < -0.3 is 4.74 Å². The number of carbonyl (C=O) groups excluding carboxylic acids is 1. The van der Waals surface area contributed by atoms with Crippen LogP contribution in [0.5, 0.6) is 0 Å². The van der Waals surface area contributed by atoms with Crippen LogP contribution in [0, 0.1) is 0 Å². The maximum Gasteiger partial charge on any atom is 0.334 e. The molecule has 0 aromatic heterocycles. The Kier molecular flexibility index (Phi) is 6.62. The van der Waals surface area contributed by atoms with Gasteiger partial charge in [-0.1, -0.05) is 25.7 Å². The van der Waals surface area contributed by atoms with Gasteiger partial charge in [-0.25, -0.2) is 4.79 Å². The molecule has 0 aromatic rings. The highest BCUT2D eigenvalue weighted by molar-refractivity contribution is 7.84. The van der Waals surface area contributed by atoms with Gasteiger partial charge in [0.25, 0.3) is 0 Å². The number of allylic oxidation sites excluding steroid dienone is 1. The van der Waals surface area contributed by atoms with Crippen molar-refractivity contribution in [1.82, 2.24) is 0 Å². The molecule has 0 spiro atoms. The fourth-order valence-electron chi connectivity index (χ4n) is 2.03. The van der Waals surface area contributed by atoms with Crippen LogP contribution in [0.3, 0.4) is 0 Å². The molecule has 92 valence electrons. The molecule has 0 bridgehead atoms. The summed E-state index contributed by atoms with van der Waals surface area (Å²) < 4.78 is 5.07. The average Bonchev–Trinajstić information content (AvgIpc) is 2.27. The second kappa shape index (κ2) is 7.77. The van der Waals surface area contributed by atoms with Gasteiger partial charge in [0, 0.05) is 5.57 Å². The maximum atomic E-state index is 11.7. The third-order valence-electron chi connectivity index (χ3n) is 2.96. The van der Waals surface area contributed by atoms with Crippen molar-refractivity contribution < 1.29 is 9.53 Å². The van der Waals surface area contributed by atoms with Crippen LogP contribution in [0.15, 0.2) is 10.5 Å². The third kappa shape index (κ3) is 4.60. The summed E-state index contributed by atoms with van der Waals surface area (Å²) in [7, 11) is 0. The Hall–Kier alpha value is -0.440. The predicted octanol–water partition coefficient (Wildman–Crippen LogP) is 3.87. The normalized spacial score (nSPS) is 19.4. The molecular weight excluding hydrogens is 220 g/mol. The Bertz CT molecular complexity index is 259. The van der Waals surface area contributed by atoms with E-state index in [1.54, 1.807) is 0 Å². The minimum Gasteiger partial charge on any atom is -0.463 e. The summed E-state index contributed by atoms with van der Waals surface area (Å²) in [4.78, 5) is 12.7. The van der Waals surface area contributed by atoms with E-state index in [1.807, 2.05) is 6.92 Å². The van der Waals surface area contributed by atoms with Crippen molar-refractivity contribution in [3.63, 3.8) is 0 Å². The molecule has 3 heteroatoms. The standard InChI is InChI=1S/C13H22O2S/c1-2-15-13(14)11-9-7-5-3-4-6-8-10-12(11)16/h16H,2-10H2,1H3. The van der Waals surface area contributed by atoms with Crippen LogP contribution in [0.2, 0.25) is 0 Å². The van der Waals surface area contributed by atoms with Crippen molar-refractivity contribution in [3.05, 3.63) is 10.5 Å². The van der Waals surface area contributed by atoms with Crippen molar-refractivity contribution in [2.75, 3.05) is 6.61 Å². The first kappa shape index (κ1) is 13.6. The number of ether oxygens (including phenoxy) is 1. The zero-order valence-corrected chi connectivity index (χ0v) is 11.0. The molecule has 2 nitrogen and oxygen atoms in total. The van der Waals surface area contributed by atoms with Gasteiger partial charge in [-0.2, -0.15) is 0 Å². The summed E-state index contributed by atoms with van der Waals surface area (Å²) in [6, 6.07) is 0. The largest absolute Gasteiger partial charge is 0.463 e. The fourth-order valence-corrected chi connectivity index (χ4v) is 2.40. The Morgan fingerprint density at radius 2 is 1.69 bits per heavy atom. The molecule has 0 fully saturated rings. The van der Waals surface area contributed by atoms with Crippen molar-refractivity contribution >= 4 is 18.6 Å². The first-order chi connectivity index (χ1) is 7.75. The second-order valence-corrected chi connectivity index (χ2v) is 4.81. The molecule has 1 aliphatic rings. The number of hydrogen-bond donors (Lipinski definition) is 1. The molecule has 0 atom stereocenters. The van der Waals surface area contributed by atoms with E-state index in [0.29, 0.717) is 6.61 Å². The first-order valence-electron chi connectivity index (χ1n) is 6.33. The van der Waals surface area contributed by atoms with E-state index in [2.05, 4.69) is 12.6 Å². The summed E-state index contributed by atoms with van der Waals surface area (Å²) in [5.41, 5.74) is 0.812. The lowest BCUT2D eigenvalue weighted by atomic mass is 10.00. The van der Waals surface area contributed by atoms with Gasteiger partial charge in [0.15, 0.2) is 0 Å². The van der Waals surface area contributed by atoms with Gasteiger partial charge in [-0.15, -0.1) is 12.6 Å². The summed E-state index contributed by atoms with van der Waals surface area (Å²) in [5.74, 6) is -0.159. The molecule has 16 heavy (non-hydrogen) atoms. The van der Waals surface area contributed by atoms with Gasteiger partial charge in [0.1, 0.15) is 0 Å². The summed E-state index contributed by atoms with van der Waals surface area (Å²) in [5, 5.41) is 0. The highest BCUT2D eigenvalue weighted by atomic mass is 32.1. The molecule has 0 N–H and O–H groups in total. The van der Waals surface area contributed by atoms with E-state index >= 15 is 0 Å². The summed E-state index contributed by atoms with van der Waals surface area (Å²) in [6.45, 7) is 2.29. The molecule has 1 aliphatic carbocycles. The molecule has 0 radical (unpaired) electrons. The SMILES string of the molecule is CCOC(=O)C1=C(S)CCCCCCCC1. The Morgan fingerprint density at radius 1 is 1.12 bits per heavy atom. The number of rotatable bonds is 2. The molecule has 0 heterocycles. The second-order valence-electron chi connectivity index (χ2n) is 4.27. The topological polar surface area (TPSA) is 26.3 Å². The van der Waals surface area contributed by atoms with E-state index in [-0.39, 0.29) is 5.97 Å². The molecule has 0 unspecified atom stereocenters. The van der Waals surface area contributed by atoms with Crippen LogP contribution in [0.25, 0.3) is 0 Å². The van der Waals surface area contributed by atoms with Crippen molar-refractivity contribution in [2.24, 2.45) is 0 Å². The first-order valence-corrected chi connectivity index (χ1v) is 6.78. The minimum atomic E-state index is -0.159. The summed E-state index contributed by atoms with van der Waals surface area (Å²) >= 11 is 4.47. The van der Waals surface area contributed by atoms with Crippen LogP contribution in [-0.4, -0.2) is 12.6 Å². The monoisotopic (exact) mass is 242 g/mol. The van der Waals surface area contributed by atoms with Crippen LogP contribution >= 0.6 is 12.6 Å². The highest BCUT2D eigenvalue weighted by Crippen LogP contribution is 2.25. The molecule has 0 aromatic carbocycles. The maximum absolute atomic E-state index is 11.7. The average molecular weight is 242 g/mol. The van der Waals surface area contributed by atoms with Crippen molar-refractivity contribution in [1.29, 1.82) is 0 Å². The smallest absolute Gasteiger partial charge is 0.334 e. The van der Waals surface area contributed by atoms with Gasteiger partial charge in [-0.05, 0) is 37.5 Å². The van der Waals surface area contributed by atoms with Crippen LogP contribution in [0.1, 0.15) is 58.3 Å². The number of carbonyl (C=O) groups is 1. The summed E-state index contributed by atoms with van der Waals surface area (Å²) in [6.07, 6.45) is 9.05. The number of hydrogen-bond acceptors (Lipinski definition) is 3. The molecule has 0 amide bonds. The zero-order chi connectivity index (χ0) is 11.8. The fraction of sp³-hybridized carbons (Fsp3) is 0.769. The molecule has 0 saturated heterocycles. The van der Waals surface area contributed by atoms with E-state index in [9.17, 15) is 4.79 Å². The molecule has 0 aliphatic heterocycles. The number of thiol groups is 1. The van der Waals surface area contributed by atoms with Crippen LogP contribution < -0.4 is 0 Å². The molecule has 1 rings (SSSR count). The molecular formula is C13H22O2S. The van der Waals surface area contributed by atoms with Gasteiger partial charge in [0.2, 0.25) is 0 Å². The lowest BCUT2D eigenvalue weighted by Crippen LogP contribution is -2.10. The van der Waals surface area contributed by atoms with E-state index in [0.717, 1.165) is 36.2 Å². The quantitative estimate of drug-likeness (QED) is 0.587. The van der Waals surface area contributed by atoms with Crippen molar-refractivity contribution in [2.45, 2.75) is 58.3 Å². The zero-order valence-electron chi connectivity index (χ0n) is 10.1.